The topological polar surface area (TPSA) is 105 Å². The standard InChI is InChI=1S/C19H13F6N3O4/c1-31-15-4-2-3-11(7-14(17(29)30)27-28-26)16(15)32-9-10-5-12(18(20,21)22)8-13(6-10)19(23,24)25/h2-8H,9H2,1H3,(H,29,30). The van der Waals surface area contributed by atoms with Gasteiger partial charge in [0.2, 0.25) is 0 Å². The first-order valence-corrected chi connectivity index (χ1v) is 8.45. The summed E-state index contributed by atoms with van der Waals surface area (Å²) in [4.78, 5) is 13.6. The van der Waals surface area contributed by atoms with E-state index in [0.29, 0.717) is 12.1 Å². The third-order valence-corrected chi connectivity index (χ3v) is 3.92. The molecule has 2 aromatic rings. The number of rotatable bonds is 7. The molecule has 0 saturated heterocycles. The minimum atomic E-state index is -5.03. The van der Waals surface area contributed by atoms with Crippen LogP contribution in [0.25, 0.3) is 16.5 Å². The van der Waals surface area contributed by atoms with E-state index in [1.807, 2.05) is 0 Å². The Bertz CT molecular complexity index is 1050. The Hall–Kier alpha value is -3.86. The molecular formula is C19H13F6N3O4. The number of halogens is 6. The Morgan fingerprint density at radius 3 is 2.19 bits per heavy atom. The summed E-state index contributed by atoms with van der Waals surface area (Å²) in [7, 11) is 1.22. The predicted molar refractivity (Wildman–Crippen MR) is 98.5 cm³/mol. The van der Waals surface area contributed by atoms with Gasteiger partial charge in [-0.1, -0.05) is 17.2 Å². The van der Waals surface area contributed by atoms with Crippen molar-refractivity contribution in [2.75, 3.05) is 7.11 Å². The second-order valence-electron chi connectivity index (χ2n) is 6.11. The van der Waals surface area contributed by atoms with Gasteiger partial charge in [-0.2, -0.15) is 26.3 Å². The smallest absolute Gasteiger partial charge is 0.416 e. The maximum atomic E-state index is 13.0. The van der Waals surface area contributed by atoms with Gasteiger partial charge in [-0.05, 0) is 41.4 Å². The minimum Gasteiger partial charge on any atom is -0.493 e. The van der Waals surface area contributed by atoms with Gasteiger partial charge in [-0.25, -0.2) is 4.79 Å². The van der Waals surface area contributed by atoms with Crippen molar-refractivity contribution in [3.63, 3.8) is 0 Å². The van der Waals surface area contributed by atoms with Gasteiger partial charge in [0.05, 0.1) is 18.2 Å². The molecule has 13 heteroatoms. The van der Waals surface area contributed by atoms with Crippen molar-refractivity contribution in [2.45, 2.75) is 19.0 Å². The Kier molecular flexibility index (Phi) is 7.26. The van der Waals surface area contributed by atoms with E-state index < -0.39 is 47.3 Å². The van der Waals surface area contributed by atoms with Crippen LogP contribution in [0, 0.1) is 0 Å². The SMILES string of the molecule is COc1cccc(C=C(N=[N+]=[N-])C(=O)O)c1OCc1cc(C(F)(F)F)cc(C(F)(F)F)c1. The van der Waals surface area contributed by atoms with Crippen LogP contribution in [-0.4, -0.2) is 18.2 Å². The average molecular weight is 461 g/mol. The highest BCUT2D eigenvalue weighted by Crippen LogP contribution is 2.38. The van der Waals surface area contributed by atoms with Gasteiger partial charge in [0.25, 0.3) is 0 Å². The molecular weight excluding hydrogens is 448 g/mol. The van der Waals surface area contributed by atoms with Crippen LogP contribution in [0.4, 0.5) is 26.3 Å². The molecule has 0 radical (unpaired) electrons. The zero-order chi connectivity index (χ0) is 24.1. The number of aliphatic carboxylic acids is 1. The van der Waals surface area contributed by atoms with Crippen LogP contribution < -0.4 is 9.47 Å². The largest absolute Gasteiger partial charge is 0.493 e. The summed E-state index contributed by atoms with van der Waals surface area (Å²) in [5.41, 5.74) is 4.28. The number of carboxylic acid groups (broad SMARTS) is 1. The van der Waals surface area contributed by atoms with E-state index in [4.69, 9.17) is 20.1 Å². The summed E-state index contributed by atoms with van der Waals surface area (Å²) in [6.07, 6.45) is -9.15. The van der Waals surface area contributed by atoms with Crippen molar-refractivity contribution in [2.24, 2.45) is 5.11 Å². The number of methoxy groups -OCH3 is 1. The summed E-state index contributed by atoms with van der Waals surface area (Å²) in [5.74, 6) is -1.76. The number of alkyl halides is 6. The summed E-state index contributed by atoms with van der Waals surface area (Å²) in [6.45, 7) is -0.738. The molecule has 0 bridgehead atoms. The Morgan fingerprint density at radius 1 is 1.12 bits per heavy atom. The van der Waals surface area contributed by atoms with E-state index in [1.54, 1.807) is 0 Å². The fourth-order valence-corrected chi connectivity index (χ4v) is 2.55. The first-order valence-electron chi connectivity index (χ1n) is 8.45. The minimum absolute atomic E-state index is 0.00262. The fourth-order valence-electron chi connectivity index (χ4n) is 2.55. The van der Waals surface area contributed by atoms with Crippen LogP contribution in [0.2, 0.25) is 0 Å². The molecule has 32 heavy (non-hydrogen) atoms. The van der Waals surface area contributed by atoms with Crippen LogP contribution >= 0.6 is 0 Å². The number of hydrogen-bond acceptors (Lipinski definition) is 4. The lowest BCUT2D eigenvalue weighted by atomic mass is 10.1. The molecule has 2 aromatic carbocycles. The molecule has 0 heterocycles. The van der Waals surface area contributed by atoms with E-state index in [9.17, 15) is 31.1 Å². The predicted octanol–water partition coefficient (Wildman–Crippen LogP) is 6.05. The summed E-state index contributed by atoms with van der Waals surface area (Å²) in [6, 6.07) is 5.10. The van der Waals surface area contributed by atoms with Crippen molar-refractivity contribution in [1.29, 1.82) is 0 Å². The Morgan fingerprint density at radius 2 is 1.72 bits per heavy atom. The molecule has 0 unspecified atom stereocenters. The number of benzene rings is 2. The van der Waals surface area contributed by atoms with E-state index in [1.165, 1.54) is 25.3 Å². The van der Waals surface area contributed by atoms with Gasteiger partial charge >= 0.3 is 18.3 Å². The van der Waals surface area contributed by atoms with Crippen LogP contribution in [-0.2, 0) is 23.8 Å². The lowest BCUT2D eigenvalue weighted by Crippen LogP contribution is -2.12. The van der Waals surface area contributed by atoms with Crippen LogP contribution in [0.3, 0.4) is 0 Å². The first kappa shape index (κ1) is 24.4. The molecule has 1 N–H and O–H groups in total. The number of carbonyl (C=O) groups is 1. The summed E-state index contributed by atoms with van der Waals surface area (Å²) >= 11 is 0. The fraction of sp³-hybridized carbons (Fsp3) is 0.211. The molecule has 0 aromatic heterocycles. The molecule has 0 amide bonds. The molecule has 0 aliphatic rings. The lowest BCUT2D eigenvalue weighted by molar-refractivity contribution is -0.143. The zero-order valence-corrected chi connectivity index (χ0v) is 16.0. The number of azide groups is 1. The number of nitrogens with zero attached hydrogens (tertiary/aromatic N) is 3. The highest BCUT2D eigenvalue weighted by Gasteiger charge is 2.37. The van der Waals surface area contributed by atoms with Crippen molar-refractivity contribution in [3.8, 4) is 11.5 Å². The molecule has 0 spiro atoms. The maximum Gasteiger partial charge on any atom is 0.416 e. The highest BCUT2D eigenvalue weighted by molar-refractivity contribution is 5.92. The molecule has 7 nitrogen and oxygen atoms in total. The molecule has 0 aliphatic carbocycles. The third-order valence-electron chi connectivity index (χ3n) is 3.92. The van der Waals surface area contributed by atoms with Crippen LogP contribution in [0.5, 0.6) is 11.5 Å². The van der Waals surface area contributed by atoms with Gasteiger partial charge < -0.3 is 14.6 Å². The second-order valence-corrected chi connectivity index (χ2v) is 6.11. The van der Waals surface area contributed by atoms with E-state index in [2.05, 4.69) is 10.0 Å². The molecule has 170 valence electrons. The first-order chi connectivity index (χ1) is 14.9. The highest BCUT2D eigenvalue weighted by atomic mass is 19.4. The normalized spacial score (nSPS) is 12.2. The van der Waals surface area contributed by atoms with E-state index in [0.717, 1.165) is 6.08 Å². The molecule has 0 atom stereocenters. The van der Waals surface area contributed by atoms with Crippen molar-refractivity contribution >= 4 is 12.0 Å². The number of hydrogen-bond donors (Lipinski definition) is 1. The number of para-hydroxylation sites is 1. The van der Waals surface area contributed by atoms with E-state index >= 15 is 0 Å². The van der Waals surface area contributed by atoms with Crippen LogP contribution in [0.15, 0.2) is 47.2 Å². The van der Waals surface area contributed by atoms with Crippen LogP contribution in [0.1, 0.15) is 22.3 Å². The van der Waals surface area contributed by atoms with Gasteiger partial charge in [-0.3, -0.25) is 0 Å². The van der Waals surface area contributed by atoms with Crippen molar-refractivity contribution in [3.05, 3.63) is 74.8 Å². The van der Waals surface area contributed by atoms with Crippen molar-refractivity contribution < 1.29 is 45.7 Å². The second kappa shape index (κ2) is 9.52. The lowest BCUT2D eigenvalue weighted by Gasteiger charge is -2.16. The number of carboxylic acids is 1. The Labute approximate surface area is 176 Å². The zero-order valence-electron chi connectivity index (χ0n) is 16.0. The van der Waals surface area contributed by atoms with Gasteiger partial charge in [0.15, 0.2) is 11.5 Å². The quantitative estimate of drug-likeness (QED) is 0.178. The third kappa shape index (κ3) is 6.08. The molecule has 0 saturated carbocycles. The van der Waals surface area contributed by atoms with Crippen molar-refractivity contribution in [1.82, 2.24) is 0 Å². The Balaban J connectivity index is 2.52. The monoisotopic (exact) mass is 461 g/mol. The van der Waals surface area contributed by atoms with E-state index in [-0.39, 0.29) is 23.1 Å². The van der Waals surface area contributed by atoms with Gasteiger partial charge in [-0.15, -0.1) is 0 Å². The van der Waals surface area contributed by atoms with Gasteiger partial charge in [0.1, 0.15) is 12.3 Å². The summed E-state index contributed by atoms with van der Waals surface area (Å²) < 4.78 is 88.7. The van der Waals surface area contributed by atoms with Gasteiger partial charge in [0, 0.05) is 10.5 Å². The number of ether oxygens (including phenoxy) is 2. The summed E-state index contributed by atoms with van der Waals surface area (Å²) in [5, 5.41) is 12.1. The average Bonchev–Trinajstić information content (AvgIpc) is 2.70. The molecule has 0 aliphatic heterocycles. The molecule has 2 rings (SSSR count). The molecule has 0 fully saturated rings. The maximum absolute atomic E-state index is 13.0.